The minimum atomic E-state index is -0.704. The van der Waals surface area contributed by atoms with E-state index in [1.807, 2.05) is 26.0 Å². The number of urea groups is 1. The standard InChI is InChI=1S/C19H20N2O4/c1-12-8-9-16(14(3)10-12)20-19(24)21-17(22)11-25-18(23)15-7-5-4-6-13(15)2/h4-10H,11H2,1-3H3,(H2,20,21,22,24). The van der Waals surface area contributed by atoms with Crippen molar-refractivity contribution in [2.75, 3.05) is 11.9 Å². The molecule has 0 fully saturated rings. The van der Waals surface area contributed by atoms with Crippen LogP contribution in [0.15, 0.2) is 42.5 Å². The molecule has 2 rings (SSSR count). The fourth-order valence-corrected chi connectivity index (χ4v) is 2.28. The molecule has 0 saturated carbocycles. The molecule has 0 aliphatic carbocycles. The first-order valence-electron chi connectivity index (χ1n) is 7.77. The topological polar surface area (TPSA) is 84.5 Å². The molecule has 0 saturated heterocycles. The van der Waals surface area contributed by atoms with Crippen LogP contribution in [0, 0.1) is 20.8 Å². The molecule has 6 heteroatoms. The van der Waals surface area contributed by atoms with E-state index < -0.39 is 24.5 Å². The lowest BCUT2D eigenvalue weighted by molar-refractivity contribution is -0.123. The van der Waals surface area contributed by atoms with E-state index >= 15 is 0 Å². The van der Waals surface area contributed by atoms with Crippen LogP contribution in [0.1, 0.15) is 27.0 Å². The molecule has 130 valence electrons. The number of ether oxygens (including phenoxy) is 1. The average molecular weight is 340 g/mol. The van der Waals surface area contributed by atoms with Gasteiger partial charge in [0.05, 0.1) is 5.56 Å². The lowest BCUT2D eigenvalue weighted by Gasteiger charge is -2.10. The van der Waals surface area contributed by atoms with E-state index in [0.717, 1.165) is 16.7 Å². The Hall–Kier alpha value is -3.15. The van der Waals surface area contributed by atoms with Crippen LogP contribution in [0.5, 0.6) is 0 Å². The van der Waals surface area contributed by atoms with Gasteiger partial charge in [0.1, 0.15) is 0 Å². The predicted octanol–water partition coefficient (Wildman–Crippen LogP) is 3.12. The molecule has 0 unspecified atom stereocenters. The molecule has 0 aliphatic heterocycles. The summed E-state index contributed by atoms with van der Waals surface area (Å²) < 4.78 is 4.93. The number of amides is 3. The van der Waals surface area contributed by atoms with Gasteiger partial charge in [-0.1, -0.05) is 35.9 Å². The van der Waals surface area contributed by atoms with Crippen molar-refractivity contribution in [3.63, 3.8) is 0 Å². The normalized spacial score (nSPS) is 10.0. The second kappa shape index (κ2) is 8.10. The van der Waals surface area contributed by atoms with Gasteiger partial charge in [-0.2, -0.15) is 0 Å². The largest absolute Gasteiger partial charge is 0.452 e. The zero-order chi connectivity index (χ0) is 18.4. The number of benzene rings is 2. The number of esters is 1. The fourth-order valence-electron chi connectivity index (χ4n) is 2.28. The van der Waals surface area contributed by atoms with Crippen LogP contribution in [0.25, 0.3) is 0 Å². The molecule has 0 atom stereocenters. The van der Waals surface area contributed by atoms with E-state index in [0.29, 0.717) is 11.3 Å². The highest BCUT2D eigenvalue weighted by molar-refractivity contribution is 6.02. The number of rotatable bonds is 4. The monoisotopic (exact) mass is 340 g/mol. The molecule has 2 N–H and O–H groups in total. The summed E-state index contributed by atoms with van der Waals surface area (Å²) in [6.45, 7) is 5.04. The van der Waals surface area contributed by atoms with Crippen molar-refractivity contribution in [1.29, 1.82) is 0 Å². The summed E-state index contributed by atoms with van der Waals surface area (Å²) in [4.78, 5) is 35.5. The van der Waals surface area contributed by atoms with Gasteiger partial charge >= 0.3 is 12.0 Å². The summed E-state index contributed by atoms with van der Waals surface area (Å²) in [7, 11) is 0. The molecule has 0 radical (unpaired) electrons. The molecule has 0 heterocycles. The Morgan fingerprint density at radius 2 is 1.68 bits per heavy atom. The summed E-state index contributed by atoms with van der Waals surface area (Å²) in [5.41, 5.74) is 3.69. The molecule has 6 nitrogen and oxygen atoms in total. The van der Waals surface area contributed by atoms with E-state index in [2.05, 4.69) is 10.6 Å². The van der Waals surface area contributed by atoms with E-state index in [4.69, 9.17) is 4.74 Å². The zero-order valence-electron chi connectivity index (χ0n) is 14.4. The summed E-state index contributed by atoms with van der Waals surface area (Å²) in [5, 5.41) is 4.71. The third-order valence-corrected chi connectivity index (χ3v) is 3.58. The number of carbonyl (C=O) groups is 3. The lowest BCUT2D eigenvalue weighted by Crippen LogP contribution is -2.37. The van der Waals surface area contributed by atoms with Crippen LogP contribution in [-0.4, -0.2) is 24.5 Å². The van der Waals surface area contributed by atoms with Crippen LogP contribution in [-0.2, 0) is 9.53 Å². The lowest BCUT2D eigenvalue weighted by atomic mass is 10.1. The quantitative estimate of drug-likeness (QED) is 0.838. The first-order valence-corrected chi connectivity index (χ1v) is 7.77. The van der Waals surface area contributed by atoms with Crippen molar-refractivity contribution in [2.24, 2.45) is 0 Å². The number of hydrogen-bond acceptors (Lipinski definition) is 4. The van der Waals surface area contributed by atoms with Gasteiger partial charge in [-0.3, -0.25) is 10.1 Å². The van der Waals surface area contributed by atoms with Gasteiger partial charge in [-0.15, -0.1) is 0 Å². The Labute approximate surface area is 146 Å². The molecule has 2 aromatic carbocycles. The van der Waals surface area contributed by atoms with Crippen LogP contribution >= 0.6 is 0 Å². The fraction of sp³-hybridized carbons (Fsp3) is 0.211. The van der Waals surface area contributed by atoms with Gasteiger partial charge in [-0.25, -0.2) is 9.59 Å². The van der Waals surface area contributed by atoms with Crippen molar-refractivity contribution in [1.82, 2.24) is 5.32 Å². The first kappa shape index (κ1) is 18.2. The van der Waals surface area contributed by atoms with E-state index in [1.54, 1.807) is 37.3 Å². The van der Waals surface area contributed by atoms with Crippen molar-refractivity contribution in [3.05, 3.63) is 64.7 Å². The second-order valence-corrected chi connectivity index (χ2v) is 5.71. The highest BCUT2D eigenvalue weighted by Gasteiger charge is 2.14. The zero-order valence-corrected chi connectivity index (χ0v) is 14.4. The summed E-state index contributed by atoms with van der Waals surface area (Å²) >= 11 is 0. The molecular weight excluding hydrogens is 320 g/mol. The summed E-state index contributed by atoms with van der Waals surface area (Å²) in [6, 6.07) is 11.8. The third kappa shape index (κ3) is 5.17. The number of anilines is 1. The number of hydrogen-bond donors (Lipinski definition) is 2. The molecule has 3 amide bonds. The molecule has 0 spiro atoms. The maximum absolute atomic E-state index is 11.9. The van der Waals surface area contributed by atoms with Gasteiger partial charge in [-0.05, 0) is 44.0 Å². The van der Waals surface area contributed by atoms with Gasteiger partial charge in [0.25, 0.3) is 5.91 Å². The maximum Gasteiger partial charge on any atom is 0.338 e. The second-order valence-electron chi connectivity index (χ2n) is 5.71. The van der Waals surface area contributed by atoms with E-state index in [-0.39, 0.29) is 0 Å². The highest BCUT2D eigenvalue weighted by Crippen LogP contribution is 2.15. The molecule has 2 aromatic rings. The molecule has 0 aromatic heterocycles. The highest BCUT2D eigenvalue weighted by atomic mass is 16.5. The Bertz CT molecular complexity index is 815. The number of aryl methyl sites for hydroxylation is 3. The summed E-state index contributed by atoms with van der Waals surface area (Å²) in [5.74, 6) is -1.31. The number of nitrogens with one attached hydrogen (secondary N) is 2. The summed E-state index contributed by atoms with van der Waals surface area (Å²) in [6.07, 6.45) is 0. The minimum absolute atomic E-state index is 0.384. The number of imide groups is 1. The van der Waals surface area contributed by atoms with Crippen LogP contribution in [0.4, 0.5) is 10.5 Å². The first-order chi connectivity index (χ1) is 11.9. The molecule has 0 aliphatic rings. The van der Waals surface area contributed by atoms with E-state index in [9.17, 15) is 14.4 Å². The van der Waals surface area contributed by atoms with Gasteiger partial charge in [0.15, 0.2) is 6.61 Å². The third-order valence-electron chi connectivity index (χ3n) is 3.58. The van der Waals surface area contributed by atoms with Crippen LogP contribution in [0.2, 0.25) is 0 Å². The Morgan fingerprint density at radius 1 is 0.960 bits per heavy atom. The molecular formula is C19H20N2O4. The maximum atomic E-state index is 11.9. The van der Waals surface area contributed by atoms with Crippen LogP contribution < -0.4 is 10.6 Å². The predicted molar refractivity (Wildman–Crippen MR) is 94.5 cm³/mol. The molecule has 0 bridgehead atoms. The van der Waals surface area contributed by atoms with Crippen molar-refractivity contribution >= 4 is 23.6 Å². The van der Waals surface area contributed by atoms with Gasteiger partial charge in [0.2, 0.25) is 0 Å². The van der Waals surface area contributed by atoms with Gasteiger partial charge < -0.3 is 10.1 Å². The van der Waals surface area contributed by atoms with E-state index in [1.165, 1.54) is 0 Å². The Morgan fingerprint density at radius 3 is 2.36 bits per heavy atom. The van der Waals surface area contributed by atoms with Crippen molar-refractivity contribution in [3.8, 4) is 0 Å². The Kier molecular flexibility index (Phi) is 5.89. The van der Waals surface area contributed by atoms with Crippen molar-refractivity contribution < 1.29 is 19.1 Å². The Balaban J connectivity index is 1.84. The smallest absolute Gasteiger partial charge is 0.338 e. The minimum Gasteiger partial charge on any atom is -0.452 e. The number of carbonyl (C=O) groups excluding carboxylic acids is 3. The molecule has 25 heavy (non-hydrogen) atoms. The average Bonchev–Trinajstić information content (AvgIpc) is 2.55. The SMILES string of the molecule is Cc1ccc(NC(=O)NC(=O)COC(=O)c2ccccc2C)c(C)c1. The van der Waals surface area contributed by atoms with Crippen LogP contribution in [0.3, 0.4) is 0 Å². The van der Waals surface area contributed by atoms with Crippen molar-refractivity contribution in [2.45, 2.75) is 20.8 Å². The van der Waals surface area contributed by atoms with Gasteiger partial charge in [0, 0.05) is 5.69 Å².